The molecular weight excluding hydrogens is 256 g/mol. The number of H-pyrrole nitrogens is 1. The number of aliphatic hydroxyl groups is 1. The topological polar surface area (TPSA) is 76.6 Å². The molecule has 3 N–H and O–H groups in total. The summed E-state index contributed by atoms with van der Waals surface area (Å²) in [5, 5.41) is 19.4. The van der Waals surface area contributed by atoms with E-state index in [0.29, 0.717) is 12.1 Å². The summed E-state index contributed by atoms with van der Waals surface area (Å²) in [6.45, 7) is 5.65. The summed E-state index contributed by atoms with van der Waals surface area (Å²) in [7, 11) is 0. The first kappa shape index (κ1) is 14.4. The number of carboxylic acid groups (broad SMARTS) is 1. The third-order valence-electron chi connectivity index (χ3n) is 3.23. The number of nitrogens with one attached hydrogen (secondary N) is 1. The van der Waals surface area contributed by atoms with Crippen LogP contribution in [0.3, 0.4) is 0 Å². The number of hydrogen-bond acceptors (Lipinski definition) is 2. The highest BCUT2D eigenvalue weighted by atomic mass is 16.4. The van der Waals surface area contributed by atoms with Crippen molar-refractivity contribution in [3.05, 3.63) is 30.0 Å². The van der Waals surface area contributed by atoms with Gasteiger partial charge in [-0.15, -0.1) is 0 Å². The van der Waals surface area contributed by atoms with Gasteiger partial charge in [-0.3, -0.25) is 4.90 Å². The second kappa shape index (κ2) is 5.17. The van der Waals surface area contributed by atoms with Gasteiger partial charge in [0.15, 0.2) is 0 Å². The van der Waals surface area contributed by atoms with Gasteiger partial charge in [-0.05, 0) is 44.9 Å². The van der Waals surface area contributed by atoms with Crippen molar-refractivity contribution < 1.29 is 15.0 Å². The summed E-state index contributed by atoms with van der Waals surface area (Å²) in [5.74, 6) is 0. The molecule has 2 aromatic rings. The van der Waals surface area contributed by atoms with Crippen LogP contribution in [0.5, 0.6) is 0 Å². The quantitative estimate of drug-likeness (QED) is 0.806. The number of nitrogens with zero attached hydrogens (tertiary/aromatic N) is 1. The molecule has 0 aliphatic rings. The van der Waals surface area contributed by atoms with Crippen LogP contribution in [-0.4, -0.2) is 33.4 Å². The van der Waals surface area contributed by atoms with Crippen LogP contribution in [0.4, 0.5) is 10.5 Å². The second-order valence-electron chi connectivity index (χ2n) is 5.82. The molecule has 2 rings (SSSR count). The van der Waals surface area contributed by atoms with Crippen molar-refractivity contribution >= 4 is 22.7 Å². The highest BCUT2D eigenvalue weighted by Gasteiger charge is 2.29. The number of aromatic nitrogens is 1. The number of anilines is 1. The molecule has 0 saturated heterocycles. The summed E-state index contributed by atoms with van der Waals surface area (Å²) in [5.41, 5.74) is 1.98. The molecule has 1 amide bonds. The Morgan fingerprint density at radius 3 is 2.60 bits per heavy atom. The van der Waals surface area contributed by atoms with Crippen molar-refractivity contribution in [1.29, 1.82) is 0 Å². The smallest absolute Gasteiger partial charge is 0.412 e. The highest BCUT2D eigenvalue weighted by molar-refractivity contribution is 6.01. The Hall–Kier alpha value is -2.01. The van der Waals surface area contributed by atoms with E-state index in [9.17, 15) is 9.90 Å². The minimum atomic E-state index is -0.981. The fourth-order valence-electron chi connectivity index (χ4n) is 2.37. The van der Waals surface area contributed by atoms with Crippen molar-refractivity contribution in [2.24, 2.45) is 0 Å². The standard InChI is InChI=1S/C15H20N2O3/c1-15(2,3)17(14(19)20)13-9-16-12-5-4-10(6-7-18)8-11(12)13/h4-5,8-9,16,18H,6-7H2,1-3H3,(H,19,20). The van der Waals surface area contributed by atoms with Gasteiger partial charge in [0.1, 0.15) is 0 Å². The van der Waals surface area contributed by atoms with Crippen molar-refractivity contribution in [3.63, 3.8) is 0 Å². The summed E-state index contributed by atoms with van der Waals surface area (Å²) in [6, 6.07) is 5.77. The Morgan fingerprint density at radius 2 is 2.05 bits per heavy atom. The lowest BCUT2D eigenvalue weighted by Gasteiger charge is -2.32. The molecule has 0 fully saturated rings. The maximum atomic E-state index is 11.6. The van der Waals surface area contributed by atoms with Gasteiger partial charge in [-0.1, -0.05) is 6.07 Å². The second-order valence-corrected chi connectivity index (χ2v) is 5.82. The zero-order valence-corrected chi connectivity index (χ0v) is 12.0. The van der Waals surface area contributed by atoms with E-state index in [0.717, 1.165) is 16.5 Å². The molecule has 5 heteroatoms. The largest absolute Gasteiger partial charge is 0.465 e. The number of fused-ring (bicyclic) bond motifs is 1. The van der Waals surface area contributed by atoms with E-state index < -0.39 is 11.6 Å². The number of carbonyl (C=O) groups is 1. The monoisotopic (exact) mass is 276 g/mol. The van der Waals surface area contributed by atoms with Crippen LogP contribution in [0.15, 0.2) is 24.4 Å². The average molecular weight is 276 g/mol. The lowest BCUT2D eigenvalue weighted by Crippen LogP contribution is -2.45. The van der Waals surface area contributed by atoms with Crippen molar-refractivity contribution in [2.75, 3.05) is 11.5 Å². The van der Waals surface area contributed by atoms with E-state index >= 15 is 0 Å². The van der Waals surface area contributed by atoms with Gasteiger partial charge in [-0.2, -0.15) is 0 Å². The van der Waals surface area contributed by atoms with Gasteiger partial charge >= 0.3 is 6.09 Å². The van der Waals surface area contributed by atoms with E-state index in [4.69, 9.17) is 5.11 Å². The number of amides is 1. The molecule has 20 heavy (non-hydrogen) atoms. The maximum Gasteiger partial charge on any atom is 0.412 e. The molecule has 1 aromatic heterocycles. The van der Waals surface area contributed by atoms with Crippen molar-refractivity contribution in [2.45, 2.75) is 32.7 Å². The lowest BCUT2D eigenvalue weighted by molar-refractivity contribution is 0.196. The van der Waals surface area contributed by atoms with Gasteiger partial charge in [0.2, 0.25) is 0 Å². The van der Waals surface area contributed by atoms with Crippen LogP contribution in [-0.2, 0) is 6.42 Å². The summed E-state index contributed by atoms with van der Waals surface area (Å²) in [4.78, 5) is 16.0. The number of rotatable bonds is 3. The van der Waals surface area contributed by atoms with Gasteiger partial charge < -0.3 is 15.2 Å². The van der Waals surface area contributed by atoms with E-state index in [1.54, 1.807) is 6.20 Å². The molecule has 108 valence electrons. The third-order valence-corrected chi connectivity index (χ3v) is 3.23. The summed E-state index contributed by atoms with van der Waals surface area (Å²) in [6.07, 6.45) is 1.29. The number of aliphatic hydroxyl groups excluding tert-OH is 1. The van der Waals surface area contributed by atoms with Crippen LogP contribution in [0.25, 0.3) is 10.9 Å². The molecule has 0 atom stereocenters. The highest BCUT2D eigenvalue weighted by Crippen LogP contribution is 2.32. The first-order chi connectivity index (χ1) is 9.34. The molecule has 0 aliphatic heterocycles. The van der Waals surface area contributed by atoms with Gasteiger partial charge in [0.05, 0.1) is 5.69 Å². The first-order valence-electron chi connectivity index (χ1n) is 6.58. The molecular formula is C15H20N2O3. The van der Waals surface area contributed by atoms with E-state index in [2.05, 4.69) is 4.98 Å². The van der Waals surface area contributed by atoms with Crippen LogP contribution < -0.4 is 4.90 Å². The number of benzene rings is 1. The molecule has 0 unspecified atom stereocenters. The Morgan fingerprint density at radius 1 is 1.35 bits per heavy atom. The van der Waals surface area contributed by atoms with Crippen molar-refractivity contribution in [1.82, 2.24) is 4.98 Å². The zero-order chi connectivity index (χ0) is 14.9. The van der Waals surface area contributed by atoms with E-state index in [-0.39, 0.29) is 6.61 Å². The van der Waals surface area contributed by atoms with Crippen LogP contribution >= 0.6 is 0 Å². The van der Waals surface area contributed by atoms with Gasteiger partial charge in [0.25, 0.3) is 0 Å². The van der Waals surface area contributed by atoms with Gasteiger partial charge in [0, 0.05) is 29.2 Å². The Balaban J connectivity index is 2.58. The molecule has 0 saturated carbocycles. The minimum absolute atomic E-state index is 0.0766. The predicted octanol–water partition coefficient (Wildman–Crippen LogP) is 2.99. The maximum absolute atomic E-state index is 11.6. The molecule has 1 heterocycles. The molecule has 1 aromatic carbocycles. The Bertz CT molecular complexity index is 626. The third kappa shape index (κ3) is 2.63. The number of hydrogen-bond donors (Lipinski definition) is 3. The normalized spacial score (nSPS) is 11.8. The SMILES string of the molecule is CC(C)(C)N(C(=O)O)c1c[nH]c2ccc(CCO)cc12. The predicted molar refractivity (Wildman–Crippen MR) is 79.3 cm³/mol. The van der Waals surface area contributed by atoms with Gasteiger partial charge in [-0.25, -0.2) is 4.79 Å². The molecule has 0 aliphatic carbocycles. The van der Waals surface area contributed by atoms with Crippen LogP contribution in [0.2, 0.25) is 0 Å². The molecule has 0 radical (unpaired) electrons. The first-order valence-corrected chi connectivity index (χ1v) is 6.58. The zero-order valence-electron chi connectivity index (χ0n) is 12.0. The fraction of sp³-hybridized carbons (Fsp3) is 0.400. The summed E-state index contributed by atoms with van der Waals surface area (Å²) >= 11 is 0. The average Bonchev–Trinajstić information content (AvgIpc) is 2.71. The van der Waals surface area contributed by atoms with E-state index in [1.807, 2.05) is 39.0 Å². The van der Waals surface area contributed by atoms with Crippen molar-refractivity contribution in [3.8, 4) is 0 Å². The molecule has 0 spiro atoms. The fourth-order valence-corrected chi connectivity index (χ4v) is 2.37. The minimum Gasteiger partial charge on any atom is -0.465 e. The Kier molecular flexibility index (Phi) is 3.72. The van der Waals surface area contributed by atoms with E-state index in [1.165, 1.54) is 4.90 Å². The lowest BCUT2D eigenvalue weighted by atomic mass is 10.0. The molecule has 0 bridgehead atoms. The van der Waals surface area contributed by atoms with Crippen LogP contribution in [0, 0.1) is 0 Å². The molecule has 5 nitrogen and oxygen atoms in total. The number of aromatic amines is 1. The summed E-state index contributed by atoms with van der Waals surface area (Å²) < 4.78 is 0. The van der Waals surface area contributed by atoms with Crippen LogP contribution in [0.1, 0.15) is 26.3 Å². The Labute approximate surface area is 117 Å².